The molecule has 1 atom stereocenters. The third kappa shape index (κ3) is 5.18. The Bertz CT molecular complexity index is 1270. The number of fused-ring (bicyclic) bond motifs is 1. The number of ether oxygens (including phenoxy) is 2. The number of benzene rings is 3. The van der Waals surface area contributed by atoms with Crippen molar-refractivity contribution in [3.05, 3.63) is 101 Å². The van der Waals surface area contributed by atoms with Gasteiger partial charge < -0.3 is 14.4 Å². The fourth-order valence-corrected chi connectivity index (χ4v) is 3.89. The molecule has 35 heavy (non-hydrogen) atoms. The lowest BCUT2D eigenvalue weighted by atomic mass is 10.0. The predicted octanol–water partition coefficient (Wildman–Crippen LogP) is 4.66. The van der Waals surface area contributed by atoms with E-state index in [-0.39, 0.29) is 30.2 Å². The summed E-state index contributed by atoms with van der Waals surface area (Å²) in [6.45, 7) is 0.279. The summed E-state index contributed by atoms with van der Waals surface area (Å²) in [4.78, 5) is 39.1. The largest absolute Gasteiger partial charge is 0.467 e. The second-order valence-electron chi connectivity index (χ2n) is 7.95. The maximum absolute atomic E-state index is 12.9. The number of methoxy groups -OCH3 is 1. The van der Waals surface area contributed by atoms with Crippen LogP contribution in [-0.4, -0.2) is 35.9 Å². The highest BCUT2D eigenvalue weighted by Gasteiger charge is 2.37. The van der Waals surface area contributed by atoms with Crippen molar-refractivity contribution in [1.29, 1.82) is 0 Å². The van der Waals surface area contributed by atoms with Gasteiger partial charge in [-0.05, 0) is 47.5 Å². The monoisotopic (exact) mass is 483 g/mol. The summed E-state index contributed by atoms with van der Waals surface area (Å²) in [6.07, 6.45) is -4.42. The topological polar surface area (TPSA) is 72.9 Å². The minimum absolute atomic E-state index is 0.121. The van der Waals surface area contributed by atoms with Gasteiger partial charge in [-0.1, -0.05) is 36.4 Å². The molecular weight excluding hydrogens is 463 g/mol. The number of hydrogen-bond acceptors (Lipinski definition) is 5. The zero-order valence-electron chi connectivity index (χ0n) is 18.5. The zero-order chi connectivity index (χ0) is 25.2. The molecule has 0 spiro atoms. The van der Waals surface area contributed by atoms with E-state index in [1.165, 1.54) is 30.2 Å². The minimum Gasteiger partial charge on any atom is -0.467 e. The number of carbonyl (C=O) groups excluding carboxylic acids is 3. The van der Waals surface area contributed by atoms with E-state index in [1.807, 2.05) is 12.1 Å². The molecule has 180 valence electrons. The van der Waals surface area contributed by atoms with Gasteiger partial charge in [-0.2, -0.15) is 13.2 Å². The number of carbonyl (C=O) groups is 3. The molecule has 1 amide bonds. The van der Waals surface area contributed by atoms with E-state index in [9.17, 15) is 27.6 Å². The van der Waals surface area contributed by atoms with Crippen LogP contribution in [0.25, 0.3) is 0 Å². The van der Waals surface area contributed by atoms with Gasteiger partial charge in [-0.15, -0.1) is 0 Å². The standard InChI is InChI=1S/C26H20F3NO5/c1-34-25(33)22(30-15-18-5-2-3-8-21(18)23(30)31)13-16-9-11-20(12-10-16)35-24(32)17-6-4-7-19(14-17)26(27,28)29/h2-12,14,22H,13,15H2,1H3/t22-/m1/s1. The number of halogens is 3. The van der Waals surface area contributed by atoms with Gasteiger partial charge >= 0.3 is 18.1 Å². The van der Waals surface area contributed by atoms with Crippen LogP contribution in [0, 0.1) is 0 Å². The van der Waals surface area contributed by atoms with Gasteiger partial charge in [-0.3, -0.25) is 4.79 Å². The molecule has 0 N–H and O–H groups in total. The predicted molar refractivity (Wildman–Crippen MR) is 119 cm³/mol. The van der Waals surface area contributed by atoms with Crippen molar-refractivity contribution >= 4 is 17.8 Å². The molecule has 4 rings (SSSR count). The zero-order valence-corrected chi connectivity index (χ0v) is 18.5. The smallest absolute Gasteiger partial charge is 0.416 e. The number of esters is 2. The molecule has 6 nitrogen and oxygen atoms in total. The first-order valence-corrected chi connectivity index (χ1v) is 10.6. The summed E-state index contributed by atoms with van der Waals surface area (Å²) < 4.78 is 48.8. The average molecular weight is 483 g/mol. The lowest BCUT2D eigenvalue weighted by Crippen LogP contribution is -2.43. The molecule has 0 radical (unpaired) electrons. The van der Waals surface area contributed by atoms with Crippen LogP contribution in [0.3, 0.4) is 0 Å². The Kier molecular flexibility index (Phi) is 6.59. The lowest BCUT2D eigenvalue weighted by Gasteiger charge is -2.25. The van der Waals surface area contributed by atoms with Crippen molar-refractivity contribution in [3.8, 4) is 5.75 Å². The molecule has 3 aromatic rings. The van der Waals surface area contributed by atoms with E-state index in [0.717, 1.165) is 23.8 Å². The molecule has 0 fully saturated rings. The van der Waals surface area contributed by atoms with Crippen molar-refractivity contribution in [3.63, 3.8) is 0 Å². The maximum atomic E-state index is 12.9. The van der Waals surface area contributed by atoms with Crippen molar-refractivity contribution in [1.82, 2.24) is 4.90 Å². The molecule has 1 aliphatic heterocycles. The minimum atomic E-state index is -4.58. The maximum Gasteiger partial charge on any atom is 0.416 e. The van der Waals surface area contributed by atoms with Gasteiger partial charge in [0.15, 0.2) is 0 Å². The van der Waals surface area contributed by atoms with Gasteiger partial charge in [0, 0.05) is 18.5 Å². The van der Waals surface area contributed by atoms with Crippen molar-refractivity contribution < 1.29 is 37.0 Å². The summed E-state index contributed by atoms with van der Waals surface area (Å²) in [5.41, 5.74) is 0.848. The number of hydrogen-bond donors (Lipinski definition) is 0. The van der Waals surface area contributed by atoms with Gasteiger partial charge in [-0.25, -0.2) is 9.59 Å². The molecule has 0 saturated carbocycles. The first-order valence-electron chi connectivity index (χ1n) is 10.6. The van der Waals surface area contributed by atoms with Crippen LogP contribution < -0.4 is 4.74 Å². The quantitative estimate of drug-likeness (QED) is 0.377. The number of rotatable bonds is 6. The van der Waals surface area contributed by atoms with Crippen LogP contribution in [0.4, 0.5) is 13.2 Å². The fraction of sp³-hybridized carbons (Fsp3) is 0.192. The van der Waals surface area contributed by atoms with E-state index in [1.54, 1.807) is 24.3 Å². The number of nitrogens with zero attached hydrogens (tertiary/aromatic N) is 1. The molecule has 3 aromatic carbocycles. The van der Waals surface area contributed by atoms with Crippen LogP contribution in [0.2, 0.25) is 0 Å². The third-order valence-corrected chi connectivity index (χ3v) is 5.69. The Morgan fingerprint density at radius 1 is 1.00 bits per heavy atom. The normalized spacial score (nSPS) is 13.8. The van der Waals surface area contributed by atoms with Crippen LogP contribution in [0.1, 0.15) is 37.4 Å². The van der Waals surface area contributed by atoms with E-state index in [4.69, 9.17) is 9.47 Å². The number of amides is 1. The van der Waals surface area contributed by atoms with Crippen molar-refractivity contribution in [2.45, 2.75) is 25.2 Å². The molecule has 9 heteroatoms. The molecule has 0 unspecified atom stereocenters. The Labute approximate surface area is 198 Å². The molecule has 0 aromatic heterocycles. The van der Waals surface area contributed by atoms with Crippen molar-refractivity contribution in [2.24, 2.45) is 0 Å². The Balaban J connectivity index is 1.46. The fourth-order valence-electron chi connectivity index (χ4n) is 3.89. The summed E-state index contributed by atoms with van der Waals surface area (Å²) in [7, 11) is 1.25. The SMILES string of the molecule is COC(=O)[C@@H](Cc1ccc(OC(=O)c2cccc(C(F)(F)F)c2)cc1)N1Cc2ccccc2C1=O. The van der Waals surface area contributed by atoms with Crippen LogP contribution in [0.15, 0.2) is 72.8 Å². The summed E-state index contributed by atoms with van der Waals surface area (Å²) >= 11 is 0. The molecular formula is C26H20F3NO5. The van der Waals surface area contributed by atoms with Crippen LogP contribution in [0.5, 0.6) is 5.75 Å². The first kappa shape index (κ1) is 24.0. The number of alkyl halides is 3. The van der Waals surface area contributed by atoms with Gasteiger partial charge in [0.1, 0.15) is 11.8 Å². The van der Waals surface area contributed by atoms with Crippen LogP contribution in [-0.2, 0) is 28.7 Å². The summed E-state index contributed by atoms with van der Waals surface area (Å²) in [5.74, 6) is -1.64. The second-order valence-corrected chi connectivity index (χ2v) is 7.95. The van der Waals surface area contributed by atoms with Crippen LogP contribution >= 0.6 is 0 Å². The van der Waals surface area contributed by atoms with E-state index in [0.29, 0.717) is 11.1 Å². The summed E-state index contributed by atoms with van der Waals surface area (Å²) in [6, 6.07) is 16.4. The highest BCUT2D eigenvalue weighted by molar-refractivity contribution is 6.00. The van der Waals surface area contributed by atoms with E-state index < -0.39 is 29.7 Å². The Hall–Kier alpha value is -4.14. The Morgan fingerprint density at radius 3 is 2.37 bits per heavy atom. The van der Waals surface area contributed by atoms with Gasteiger partial charge in [0.05, 0.1) is 18.2 Å². The average Bonchev–Trinajstić information content (AvgIpc) is 3.19. The first-order chi connectivity index (χ1) is 16.7. The van der Waals surface area contributed by atoms with Gasteiger partial charge in [0.25, 0.3) is 5.91 Å². The molecule has 0 bridgehead atoms. The Morgan fingerprint density at radius 2 is 1.71 bits per heavy atom. The van der Waals surface area contributed by atoms with E-state index in [2.05, 4.69) is 0 Å². The highest BCUT2D eigenvalue weighted by Crippen LogP contribution is 2.30. The molecule has 1 heterocycles. The van der Waals surface area contributed by atoms with Gasteiger partial charge in [0.2, 0.25) is 0 Å². The highest BCUT2D eigenvalue weighted by atomic mass is 19.4. The second kappa shape index (κ2) is 9.61. The lowest BCUT2D eigenvalue weighted by molar-refractivity contribution is -0.146. The van der Waals surface area contributed by atoms with E-state index >= 15 is 0 Å². The van der Waals surface area contributed by atoms with Crippen molar-refractivity contribution in [2.75, 3.05) is 7.11 Å². The molecule has 0 aliphatic carbocycles. The molecule has 1 aliphatic rings. The summed E-state index contributed by atoms with van der Waals surface area (Å²) in [5, 5.41) is 0. The third-order valence-electron chi connectivity index (χ3n) is 5.69. The molecule has 0 saturated heterocycles.